The van der Waals surface area contributed by atoms with Crippen molar-refractivity contribution in [2.45, 2.75) is 43.6 Å². The van der Waals surface area contributed by atoms with Gasteiger partial charge < -0.3 is 10.5 Å². The topological polar surface area (TPSA) is 35.2 Å². The van der Waals surface area contributed by atoms with E-state index < -0.39 is 0 Å². The van der Waals surface area contributed by atoms with Crippen molar-refractivity contribution in [3.63, 3.8) is 0 Å². The zero-order valence-corrected chi connectivity index (χ0v) is 10.0. The van der Waals surface area contributed by atoms with Gasteiger partial charge in [0.25, 0.3) is 0 Å². The van der Waals surface area contributed by atoms with Gasteiger partial charge in [-0.2, -0.15) is 0 Å². The largest absolute Gasteiger partial charge is 0.496 e. The molecule has 3 rings (SSSR count). The number of hydrogen-bond acceptors (Lipinski definition) is 2. The van der Waals surface area contributed by atoms with Crippen molar-refractivity contribution in [3.8, 4) is 5.75 Å². The average Bonchev–Trinajstić information content (AvgIpc) is 3.14. The minimum absolute atomic E-state index is 0.0874. The monoisotopic (exact) mass is 217 g/mol. The van der Waals surface area contributed by atoms with Gasteiger partial charge in [-0.25, -0.2) is 0 Å². The molecule has 86 valence electrons. The molecule has 0 aliphatic heterocycles. The number of hydrogen-bond donors (Lipinski definition) is 1. The summed E-state index contributed by atoms with van der Waals surface area (Å²) in [5.74, 6) is 0.994. The molecule has 0 saturated heterocycles. The fourth-order valence-corrected chi connectivity index (χ4v) is 3.13. The zero-order valence-electron chi connectivity index (χ0n) is 10.0. The van der Waals surface area contributed by atoms with Gasteiger partial charge in [-0.15, -0.1) is 0 Å². The molecule has 1 aromatic rings. The van der Waals surface area contributed by atoms with E-state index in [9.17, 15) is 0 Å². The smallest absolute Gasteiger partial charge is 0.122 e. The minimum atomic E-state index is 0.0874. The predicted octanol–water partition coefficient (Wildman–Crippen LogP) is 2.53. The summed E-state index contributed by atoms with van der Waals surface area (Å²) in [4.78, 5) is 0. The van der Waals surface area contributed by atoms with Crippen LogP contribution in [0.5, 0.6) is 5.75 Å². The third-order valence-corrected chi connectivity index (χ3v) is 4.51. The summed E-state index contributed by atoms with van der Waals surface area (Å²) in [5, 5.41) is 0. The summed E-state index contributed by atoms with van der Waals surface area (Å²) < 4.78 is 5.40. The molecule has 16 heavy (non-hydrogen) atoms. The van der Waals surface area contributed by atoms with E-state index in [1.165, 1.54) is 36.8 Å². The molecule has 2 fully saturated rings. The summed E-state index contributed by atoms with van der Waals surface area (Å²) in [5.41, 5.74) is 9.50. The Morgan fingerprint density at radius 2 is 1.88 bits per heavy atom. The van der Waals surface area contributed by atoms with Crippen LogP contribution < -0.4 is 10.5 Å². The van der Waals surface area contributed by atoms with Gasteiger partial charge in [-0.05, 0) is 49.8 Å². The third-order valence-electron chi connectivity index (χ3n) is 4.51. The Balaban J connectivity index is 2.07. The summed E-state index contributed by atoms with van der Waals surface area (Å²) in [7, 11) is 1.74. The van der Waals surface area contributed by atoms with Crippen molar-refractivity contribution in [2.24, 2.45) is 5.73 Å². The molecule has 0 bridgehead atoms. The van der Waals surface area contributed by atoms with E-state index in [-0.39, 0.29) is 11.0 Å². The van der Waals surface area contributed by atoms with Crippen LogP contribution in [0.15, 0.2) is 18.2 Å². The molecule has 0 amide bonds. The molecule has 0 atom stereocenters. The lowest BCUT2D eigenvalue weighted by Gasteiger charge is -2.26. The fraction of sp³-hybridized carbons (Fsp3) is 0.571. The predicted molar refractivity (Wildman–Crippen MR) is 64.8 cm³/mol. The van der Waals surface area contributed by atoms with Gasteiger partial charge in [0.1, 0.15) is 5.75 Å². The Labute approximate surface area is 96.8 Å². The van der Waals surface area contributed by atoms with E-state index >= 15 is 0 Å². The second-order valence-corrected chi connectivity index (χ2v) is 5.37. The number of methoxy groups -OCH3 is 1. The summed E-state index contributed by atoms with van der Waals surface area (Å²) in [6.45, 7) is 2.15. The summed E-state index contributed by atoms with van der Waals surface area (Å²) in [6.07, 6.45) is 4.86. The molecule has 0 heterocycles. The molecule has 0 aromatic heterocycles. The van der Waals surface area contributed by atoms with Crippen molar-refractivity contribution in [1.29, 1.82) is 0 Å². The van der Waals surface area contributed by atoms with Crippen LogP contribution in [0.4, 0.5) is 0 Å². The molecule has 2 aliphatic rings. The van der Waals surface area contributed by atoms with Crippen LogP contribution in [0, 0.1) is 6.92 Å². The van der Waals surface area contributed by atoms with Gasteiger partial charge >= 0.3 is 0 Å². The first-order valence-electron chi connectivity index (χ1n) is 6.06. The van der Waals surface area contributed by atoms with Crippen molar-refractivity contribution in [2.75, 3.05) is 7.11 Å². The number of nitrogens with two attached hydrogens (primary N) is 1. The van der Waals surface area contributed by atoms with Crippen LogP contribution in [-0.2, 0) is 5.41 Å². The number of ether oxygens (including phenoxy) is 1. The SMILES string of the molecule is COc1cccc(C2(C3(N)CC3)CC2)c1C. The first-order chi connectivity index (χ1) is 7.63. The third kappa shape index (κ3) is 1.17. The maximum Gasteiger partial charge on any atom is 0.122 e. The van der Waals surface area contributed by atoms with E-state index in [4.69, 9.17) is 10.5 Å². The highest BCUT2D eigenvalue weighted by molar-refractivity contribution is 5.50. The summed E-state index contributed by atoms with van der Waals surface area (Å²) in [6, 6.07) is 6.36. The molecule has 0 unspecified atom stereocenters. The normalized spacial score (nSPS) is 23.9. The quantitative estimate of drug-likeness (QED) is 0.844. The molecule has 2 nitrogen and oxygen atoms in total. The molecule has 1 aromatic carbocycles. The molecule has 2 saturated carbocycles. The highest BCUT2D eigenvalue weighted by Gasteiger charge is 2.64. The maximum absolute atomic E-state index is 6.44. The summed E-state index contributed by atoms with van der Waals surface area (Å²) >= 11 is 0. The lowest BCUT2D eigenvalue weighted by Crippen LogP contribution is -2.37. The Morgan fingerprint density at radius 1 is 1.19 bits per heavy atom. The lowest BCUT2D eigenvalue weighted by molar-refractivity contribution is 0.408. The van der Waals surface area contributed by atoms with Crippen LogP contribution in [0.1, 0.15) is 36.8 Å². The number of benzene rings is 1. The average molecular weight is 217 g/mol. The zero-order chi connectivity index (χ0) is 11.4. The second kappa shape index (κ2) is 3.01. The van der Waals surface area contributed by atoms with Gasteiger partial charge in [0.05, 0.1) is 7.11 Å². The van der Waals surface area contributed by atoms with E-state index in [0.717, 1.165) is 5.75 Å². The molecule has 2 heteroatoms. The first kappa shape index (κ1) is 10.2. The fourth-order valence-electron chi connectivity index (χ4n) is 3.13. The molecule has 2 aliphatic carbocycles. The first-order valence-corrected chi connectivity index (χ1v) is 6.06. The van der Waals surface area contributed by atoms with Gasteiger partial charge in [-0.3, -0.25) is 0 Å². The van der Waals surface area contributed by atoms with Crippen molar-refractivity contribution in [1.82, 2.24) is 0 Å². The molecular weight excluding hydrogens is 198 g/mol. The Hall–Kier alpha value is -1.02. The highest BCUT2D eigenvalue weighted by atomic mass is 16.5. The maximum atomic E-state index is 6.44. The van der Waals surface area contributed by atoms with Crippen LogP contribution in [0.25, 0.3) is 0 Å². The van der Waals surface area contributed by atoms with E-state index in [1.54, 1.807) is 7.11 Å². The molecule has 0 spiro atoms. The Kier molecular flexibility index (Phi) is 1.91. The second-order valence-electron chi connectivity index (χ2n) is 5.37. The molecule has 0 radical (unpaired) electrons. The van der Waals surface area contributed by atoms with E-state index in [2.05, 4.69) is 19.1 Å². The Bertz CT molecular complexity index is 430. The van der Waals surface area contributed by atoms with Crippen molar-refractivity contribution in [3.05, 3.63) is 29.3 Å². The highest BCUT2D eigenvalue weighted by Crippen LogP contribution is 2.64. The van der Waals surface area contributed by atoms with Crippen LogP contribution >= 0.6 is 0 Å². The van der Waals surface area contributed by atoms with Crippen molar-refractivity contribution >= 4 is 0 Å². The van der Waals surface area contributed by atoms with Gasteiger partial charge in [-0.1, -0.05) is 12.1 Å². The van der Waals surface area contributed by atoms with Crippen LogP contribution in [0.2, 0.25) is 0 Å². The number of rotatable bonds is 3. The van der Waals surface area contributed by atoms with Gasteiger partial charge in [0, 0.05) is 11.0 Å². The van der Waals surface area contributed by atoms with Crippen molar-refractivity contribution < 1.29 is 4.74 Å². The van der Waals surface area contributed by atoms with Gasteiger partial charge in [0.2, 0.25) is 0 Å². The minimum Gasteiger partial charge on any atom is -0.496 e. The van der Waals surface area contributed by atoms with Gasteiger partial charge in [0.15, 0.2) is 0 Å². The molecule has 2 N–H and O–H groups in total. The standard InChI is InChI=1S/C14H19NO/c1-10-11(4-3-5-12(10)16-2)13(6-7-13)14(15)8-9-14/h3-5H,6-9,15H2,1-2H3. The lowest BCUT2D eigenvalue weighted by atomic mass is 9.83. The van der Waals surface area contributed by atoms with Crippen LogP contribution in [0.3, 0.4) is 0 Å². The Morgan fingerprint density at radius 3 is 2.38 bits per heavy atom. The van der Waals surface area contributed by atoms with E-state index in [0.29, 0.717) is 0 Å². The molecular formula is C14H19NO. The van der Waals surface area contributed by atoms with E-state index in [1.807, 2.05) is 6.07 Å². The van der Waals surface area contributed by atoms with Crippen LogP contribution in [-0.4, -0.2) is 12.6 Å².